The highest BCUT2D eigenvalue weighted by Gasteiger charge is 2.45. The van der Waals surface area contributed by atoms with Crippen LogP contribution in [0.25, 0.3) is 0 Å². The molecular weight excluding hydrogens is 294 g/mol. The second-order valence-electron chi connectivity index (χ2n) is 7.67. The summed E-state index contributed by atoms with van der Waals surface area (Å²) in [6.07, 6.45) is 2.85. The number of nitrogens with zero attached hydrogens (tertiary/aromatic N) is 3. The Bertz CT molecular complexity index is 512. The zero-order valence-corrected chi connectivity index (χ0v) is 14.6. The van der Waals surface area contributed by atoms with Crippen LogP contribution in [-0.4, -0.2) is 53.1 Å². The molecule has 1 aliphatic carbocycles. The number of nitriles is 1. The van der Waals surface area contributed by atoms with Crippen LogP contribution in [0.3, 0.4) is 0 Å². The van der Waals surface area contributed by atoms with Crippen molar-refractivity contribution in [1.29, 1.82) is 5.26 Å². The summed E-state index contributed by atoms with van der Waals surface area (Å²) in [6, 6.07) is 2.15. The van der Waals surface area contributed by atoms with Crippen molar-refractivity contribution in [2.75, 3.05) is 19.6 Å². The van der Waals surface area contributed by atoms with E-state index in [0.717, 1.165) is 12.8 Å². The third-order valence-corrected chi connectivity index (χ3v) is 4.62. The van der Waals surface area contributed by atoms with Gasteiger partial charge in [-0.1, -0.05) is 12.8 Å². The van der Waals surface area contributed by atoms with E-state index in [1.165, 1.54) is 0 Å². The molecular formula is C17H27N3O3. The highest BCUT2D eigenvalue weighted by atomic mass is 16.6. The number of amides is 2. The molecule has 1 saturated carbocycles. The number of hydrogen-bond donors (Lipinski definition) is 0. The molecule has 0 N–H and O–H groups in total. The molecule has 0 aromatic heterocycles. The maximum Gasteiger partial charge on any atom is 0.410 e. The number of carbonyl (C=O) groups excluding carboxylic acids is 2. The van der Waals surface area contributed by atoms with E-state index in [1.54, 1.807) is 9.80 Å². The van der Waals surface area contributed by atoms with Gasteiger partial charge in [-0.25, -0.2) is 4.79 Å². The SMILES string of the molecule is CC1CN(C(=O)C2(C#N)CCCC2)CCN1C(=O)OC(C)(C)C. The van der Waals surface area contributed by atoms with Crippen LogP contribution in [-0.2, 0) is 9.53 Å². The first kappa shape index (κ1) is 17.6. The molecule has 2 rings (SSSR count). The predicted octanol–water partition coefficient (Wildman–Crippen LogP) is 2.54. The molecule has 2 fully saturated rings. The van der Waals surface area contributed by atoms with Crippen molar-refractivity contribution in [1.82, 2.24) is 9.80 Å². The van der Waals surface area contributed by atoms with Gasteiger partial charge in [0.25, 0.3) is 0 Å². The summed E-state index contributed by atoms with van der Waals surface area (Å²) in [5, 5.41) is 9.47. The lowest BCUT2D eigenvalue weighted by Gasteiger charge is -2.42. The highest BCUT2D eigenvalue weighted by Crippen LogP contribution is 2.39. The average molecular weight is 321 g/mol. The normalized spacial score (nSPS) is 24.2. The summed E-state index contributed by atoms with van der Waals surface area (Å²) in [5.41, 5.74) is -1.37. The fraction of sp³-hybridized carbons (Fsp3) is 0.824. The van der Waals surface area contributed by atoms with Crippen molar-refractivity contribution in [3.8, 4) is 6.07 Å². The van der Waals surface area contributed by atoms with Crippen LogP contribution >= 0.6 is 0 Å². The molecule has 1 atom stereocenters. The minimum atomic E-state index is -0.839. The largest absolute Gasteiger partial charge is 0.444 e. The molecule has 0 radical (unpaired) electrons. The Balaban J connectivity index is 2.00. The Morgan fingerprint density at radius 3 is 2.30 bits per heavy atom. The van der Waals surface area contributed by atoms with Crippen LogP contribution in [0.15, 0.2) is 0 Å². The molecule has 1 heterocycles. The number of hydrogen-bond acceptors (Lipinski definition) is 4. The Labute approximate surface area is 138 Å². The standard InChI is InChI=1S/C17H27N3O3/c1-13-11-19(14(21)17(12-18)7-5-6-8-17)9-10-20(13)15(22)23-16(2,3)4/h13H,5-11H2,1-4H3. The summed E-state index contributed by atoms with van der Waals surface area (Å²) in [5.74, 6) is -0.0619. The van der Waals surface area contributed by atoms with E-state index in [9.17, 15) is 14.9 Å². The van der Waals surface area contributed by atoms with Gasteiger partial charge in [0.1, 0.15) is 11.0 Å². The van der Waals surface area contributed by atoms with Gasteiger partial charge in [-0.15, -0.1) is 0 Å². The second-order valence-corrected chi connectivity index (χ2v) is 7.67. The molecule has 1 saturated heterocycles. The van der Waals surface area contributed by atoms with Gasteiger partial charge in [-0.3, -0.25) is 4.79 Å². The van der Waals surface area contributed by atoms with Crippen molar-refractivity contribution >= 4 is 12.0 Å². The third kappa shape index (κ3) is 3.77. The van der Waals surface area contributed by atoms with Gasteiger partial charge in [0.2, 0.25) is 5.91 Å². The summed E-state index contributed by atoms with van der Waals surface area (Å²) in [6.45, 7) is 8.80. The van der Waals surface area contributed by atoms with Crippen LogP contribution in [0, 0.1) is 16.7 Å². The second kappa shape index (κ2) is 6.38. The molecule has 6 heteroatoms. The van der Waals surface area contributed by atoms with Crippen LogP contribution < -0.4 is 0 Å². The fourth-order valence-electron chi connectivity index (χ4n) is 3.39. The van der Waals surface area contributed by atoms with Crippen molar-refractivity contribution < 1.29 is 14.3 Å². The van der Waals surface area contributed by atoms with Gasteiger partial charge < -0.3 is 14.5 Å². The van der Waals surface area contributed by atoms with Crippen LogP contribution in [0.1, 0.15) is 53.4 Å². The molecule has 1 aliphatic heterocycles. The number of piperazine rings is 1. The fourth-order valence-corrected chi connectivity index (χ4v) is 3.39. The van der Waals surface area contributed by atoms with E-state index in [0.29, 0.717) is 32.5 Å². The van der Waals surface area contributed by atoms with E-state index < -0.39 is 11.0 Å². The van der Waals surface area contributed by atoms with Crippen molar-refractivity contribution in [3.63, 3.8) is 0 Å². The van der Waals surface area contributed by atoms with Gasteiger partial charge in [0, 0.05) is 25.7 Å². The average Bonchev–Trinajstić information content (AvgIpc) is 2.94. The molecule has 2 aliphatic rings. The third-order valence-electron chi connectivity index (χ3n) is 4.62. The molecule has 23 heavy (non-hydrogen) atoms. The van der Waals surface area contributed by atoms with Gasteiger partial charge in [0.05, 0.1) is 6.07 Å². The van der Waals surface area contributed by atoms with Crippen LogP contribution in [0.2, 0.25) is 0 Å². The maximum absolute atomic E-state index is 12.8. The van der Waals surface area contributed by atoms with Gasteiger partial charge in [-0.2, -0.15) is 5.26 Å². The maximum atomic E-state index is 12.8. The summed E-state index contributed by atoms with van der Waals surface area (Å²) in [7, 11) is 0. The number of carbonyl (C=O) groups is 2. The van der Waals surface area contributed by atoms with E-state index in [-0.39, 0.29) is 18.0 Å². The number of ether oxygens (including phenoxy) is 1. The lowest BCUT2D eigenvalue weighted by Crippen LogP contribution is -2.58. The zero-order valence-electron chi connectivity index (χ0n) is 14.6. The number of rotatable bonds is 1. The molecule has 2 amide bonds. The van der Waals surface area contributed by atoms with E-state index in [1.807, 2.05) is 27.7 Å². The molecule has 0 aromatic carbocycles. The van der Waals surface area contributed by atoms with Crippen LogP contribution in [0.5, 0.6) is 0 Å². The minimum absolute atomic E-state index is 0.0619. The van der Waals surface area contributed by atoms with Crippen LogP contribution in [0.4, 0.5) is 4.79 Å². The van der Waals surface area contributed by atoms with E-state index in [2.05, 4.69) is 6.07 Å². The van der Waals surface area contributed by atoms with Crippen molar-refractivity contribution in [3.05, 3.63) is 0 Å². The van der Waals surface area contributed by atoms with Gasteiger partial charge in [-0.05, 0) is 40.5 Å². The predicted molar refractivity (Wildman–Crippen MR) is 85.5 cm³/mol. The molecule has 128 valence electrons. The summed E-state index contributed by atoms with van der Waals surface area (Å²) >= 11 is 0. The lowest BCUT2D eigenvalue weighted by atomic mass is 9.86. The first-order chi connectivity index (χ1) is 10.7. The Hall–Kier alpha value is -1.77. The molecule has 0 bridgehead atoms. The van der Waals surface area contributed by atoms with Gasteiger partial charge >= 0.3 is 6.09 Å². The monoisotopic (exact) mass is 321 g/mol. The Kier molecular flexibility index (Phi) is 4.88. The molecule has 1 unspecified atom stereocenters. The molecule has 6 nitrogen and oxygen atoms in total. The van der Waals surface area contributed by atoms with E-state index in [4.69, 9.17) is 4.74 Å². The summed E-state index contributed by atoms with van der Waals surface area (Å²) in [4.78, 5) is 28.4. The Morgan fingerprint density at radius 1 is 1.22 bits per heavy atom. The van der Waals surface area contributed by atoms with Crippen molar-refractivity contribution in [2.45, 2.75) is 65.0 Å². The topological polar surface area (TPSA) is 73.6 Å². The summed E-state index contributed by atoms with van der Waals surface area (Å²) < 4.78 is 5.42. The minimum Gasteiger partial charge on any atom is -0.444 e. The first-order valence-corrected chi connectivity index (χ1v) is 8.39. The Morgan fingerprint density at radius 2 is 1.83 bits per heavy atom. The smallest absolute Gasteiger partial charge is 0.410 e. The lowest BCUT2D eigenvalue weighted by molar-refractivity contribution is -0.141. The van der Waals surface area contributed by atoms with Crippen molar-refractivity contribution in [2.24, 2.45) is 5.41 Å². The molecule has 0 aromatic rings. The van der Waals surface area contributed by atoms with E-state index >= 15 is 0 Å². The molecule has 0 spiro atoms. The highest BCUT2D eigenvalue weighted by molar-refractivity contribution is 5.86. The zero-order chi connectivity index (χ0) is 17.3. The first-order valence-electron chi connectivity index (χ1n) is 8.39. The van der Waals surface area contributed by atoms with Gasteiger partial charge in [0.15, 0.2) is 0 Å². The quantitative estimate of drug-likeness (QED) is 0.744.